The first-order valence-electron chi connectivity index (χ1n) is 5.84. The summed E-state index contributed by atoms with van der Waals surface area (Å²) in [4.78, 5) is 27.2. The third kappa shape index (κ3) is 2.81. The Morgan fingerprint density at radius 3 is 2.47 bits per heavy atom. The molecular weight excluding hydrogens is 250 g/mol. The number of hydrogen-bond acceptors (Lipinski definition) is 5. The molecule has 1 N–H and O–H groups in total. The summed E-state index contributed by atoms with van der Waals surface area (Å²) in [5, 5.41) is 20.0. The Morgan fingerprint density at radius 2 is 2.11 bits per heavy atom. The number of carbonyl (C=O) groups is 1. The fraction of sp³-hybridized carbons (Fsp3) is 0.500. The van der Waals surface area contributed by atoms with Gasteiger partial charge in [-0.2, -0.15) is 0 Å². The lowest BCUT2D eigenvalue weighted by molar-refractivity contribution is -0.385. The Bertz CT molecular complexity index is 514. The number of aryl methyl sites for hydroxylation is 1. The van der Waals surface area contributed by atoms with E-state index >= 15 is 0 Å². The molecule has 0 atom stereocenters. The Hall–Kier alpha value is -2.18. The fourth-order valence-corrected chi connectivity index (χ4v) is 1.84. The Balaban J connectivity index is 3.25. The second-order valence-corrected chi connectivity index (χ2v) is 4.64. The molecule has 1 rings (SSSR count). The van der Waals surface area contributed by atoms with Gasteiger partial charge >= 0.3 is 5.97 Å². The van der Waals surface area contributed by atoms with E-state index in [1.165, 1.54) is 19.1 Å². The summed E-state index contributed by atoms with van der Waals surface area (Å²) in [5.41, 5.74) is -0.945. The smallest absolute Gasteiger partial charge is 0.328 e. The van der Waals surface area contributed by atoms with E-state index in [1.54, 1.807) is 18.7 Å². The van der Waals surface area contributed by atoms with Crippen LogP contribution in [0.2, 0.25) is 0 Å². The molecule has 0 aliphatic rings. The van der Waals surface area contributed by atoms with Crippen LogP contribution in [0.4, 0.5) is 11.5 Å². The average molecular weight is 267 g/mol. The number of pyridine rings is 1. The van der Waals surface area contributed by atoms with Crippen LogP contribution in [0.5, 0.6) is 0 Å². The van der Waals surface area contributed by atoms with Gasteiger partial charge in [0.25, 0.3) is 5.69 Å². The van der Waals surface area contributed by atoms with Gasteiger partial charge in [0, 0.05) is 12.6 Å². The first-order valence-corrected chi connectivity index (χ1v) is 5.84. The lowest BCUT2D eigenvalue weighted by atomic mass is 10.0. The SMILES string of the molecule is CCN(c1ccc([N+](=O)[O-])c(C)n1)C(C)(C)C(=O)O. The maximum absolute atomic E-state index is 11.3. The largest absolute Gasteiger partial charge is 0.480 e. The highest BCUT2D eigenvalue weighted by molar-refractivity contribution is 5.82. The van der Waals surface area contributed by atoms with E-state index in [2.05, 4.69) is 4.98 Å². The van der Waals surface area contributed by atoms with Crippen LogP contribution in [0.3, 0.4) is 0 Å². The average Bonchev–Trinajstić information content (AvgIpc) is 2.28. The summed E-state index contributed by atoms with van der Waals surface area (Å²) in [6, 6.07) is 2.82. The zero-order valence-corrected chi connectivity index (χ0v) is 11.4. The predicted molar refractivity (Wildman–Crippen MR) is 70.4 cm³/mol. The van der Waals surface area contributed by atoms with Gasteiger partial charge in [0.05, 0.1) is 4.92 Å². The van der Waals surface area contributed by atoms with Crippen LogP contribution in [0.15, 0.2) is 12.1 Å². The van der Waals surface area contributed by atoms with Crippen LogP contribution >= 0.6 is 0 Å². The number of carboxylic acid groups (broad SMARTS) is 1. The van der Waals surface area contributed by atoms with E-state index in [1.807, 2.05) is 6.92 Å². The Kier molecular flexibility index (Phi) is 4.08. The van der Waals surface area contributed by atoms with E-state index in [-0.39, 0.29) is 11.4 Å². The maximum Gasteiger partial charge on any atom is 0.328 e. The van der Waals surface area contributed by atoms with Crippen molar-refractivity contribution in [3.63, 3.8) is 0 Å². The highest BCUT2D eigenvalue weighted by atomic mass is 16.6. The minimum Gasteiger partial charge on any atom is -0.480 e. The van der Waals surface area contributed by atoms with Gasteiger partial charge in [-0.25, -0.2) is 9.78 Å². The summed E-state index contributed by atoms with van der Waals surface area (Å²) in [6.07, 6.45) is 0. The van der Waals surface area contributed by atoms with Crippen molar-refractivity contribution in [3.05, 3.63) is 27.9 Å². The van der Waals surface area contributed by atoms with Gasteiger partial charge in [-0.15, -0.1) is 0 Å². The zero-order valence-electron chi connectivity index (χ0n) is 11.4. The van der Waals surface area contributed by atoms with Gasteiger partial charge in [0.1, 0.15) is 17.1 Å². The number of nitrogens with zero attached hydrogens (tertiary/aromatic N) is 3. The summed E-state index contributed by atoms with van der Waals surface area (Å²) in [6.45, 7) is 6.91. The van der Waals surface area contributed by atoms with Gasteiger partial charge in [0.2, 0.25) is 0 Å². The molecule has 104 valence electrons. The van der Waals surface area contributed by atoms with Gasteiger partial charge in [-0.3, -0.25) is 10.1 Å². The highest BCUT2D eigenvalue weighted by Crippen LogP contribution is 2.25. The number of carboxylic acids is 1. The van der Waals surface area contributed by atoms with E-state index in [0.717, 1.165) is 0 Å². The zero-order chi connectivity index (χ0) is 14.8. The number of likely N-dealkylation sites (N-methyl/N-ethyl adjacent to an activating group) is 1. The standard InChI is InChI=1S/C12H17N3O4/c1-5-14(12(3,4)11(16)17)10-7-6-9(15(18)19)8(2)13-10/h6-7H,5H2,1-4H3,(H,16,17). The van der Waals surface area contributed by atoms with Crippen LogP contribution in [0, 0.1) is 17.0 Å². The molecule has 0 spiro atoms. The fourth-order valence-electron chi connectivity index (χ4n) is 1.84. The van der Waals surface area contributed by atoms with Crippen molar-refractivity contribution in [2.75, 3.05) is 11.4 Å². The van der Waals surface area contributed by atoms with Crippen molar-refractivity contribution in [2.24, 2.45) is 0 Å². The van der Waals surface area contributed by atoms with Gasteiger partial charge in [0.15, 0.2) is 0 Å². The Morgan fingerprint density at radius 1 is 1.53 bits per heavy atom. The van der Waals surface area contributed by atoms with Crippen molar-refractivity contribution in [1.29, 1.82) is 0 Å². The normalized spacial score (nSPS) is 11.2. The molecule has 7 heteroatoms. The maximum atomic E-state index is 11.3. The van der Waals surface area contributed by atoms with E-state index in [0.29, 0.717) is 12.4 Å². The monoisotopic (exact) mass is 267 g/mol. The molecule has 19 heavy (non-hydrogen) atoms. The topological polar surface area (TPSA) is 96.6 Å². The van der Waals surface area contributed by atoms with E-state index in [4.69, 9.17) is 0 Å². The molecule has 7 nitrogen and oxygen atoms in total. The number of hydrogen-bond donors (Lipinski definition) is 1. The van der Waals surface area contributed by atoms with Crippen molar-refractivity contribution >= 4 is 17.5 Å². The molecule has 0 aliphatic heterocycles. The second-order valence-electron chi connectivity index (χ2n) is 4.64. The first kappa shape index (κ1) is 14.9. The second kappa shape index (κ2) is 5.21. The van der Waals surface area contributed by atoms with Crippen molar-refractivity contribution in [2.45, 2.75) is 33.2 Å². The summed E-state index contributed by atoms with van der Waals surface area (Å²) in [7, 11) is 0. The van der Waals surface area contributed by atoms with E-state index < -0.39 is 16.4 Å². The van der Waals surface area contributed by atoms with Gasteiger partial charge in [-0.1, -0.05) is 0 Å². The molecule has 1 aromatic rings. The van der Waals surface area contributed by atoms with Crippen LogP contribution in [-0.4, -0.2) is 33.1 Å². The van der Waals surface area contributed by atoms with Crippen LogP contribution in [0.25, 0.3) is 0 Å². The van der Waals surface area contributed by atoms with Crippen LogP contribution in [0.1, 0.15) is 26.5 Å². The molecule has 0 fully saturated rings. The number of anilines is 1. The molecule has 0 aromatic carbocycles. The third-order valence-electron chi connectivity index (χ3n) is 3.03. The highest BCUT2D eigenvalue weighted by Gasteiger charge is 2.35. The van der Waals surface area contributed by atoms with Gasteiger partial charge in [-0.05, 0) is 33.8 Å². The molecule has 0 amide bonds. The van der Waals surface area contributed by atoms with Crippen LogP contribution < -0.4 is 4.90 Å². The number of rotatable bonds is 5. The molecule has 1 aromatic heterocycles. The van der Waals surface area contributed by atoms with Gasteiger partial charge < -0.3 is 10.0 Å². The first-order chi connectivity index (χ1) is 8.71. The number of nitro groups is 1. The van der Waals surface area contributed by atoms with Crippen molar-refractivity contribution < 1.29 is 14.8 Å². The molecule has 0 radical (unpaired) electrons. The predicted octanol–water partition coefficient (Wildman–Crippen LogP) is 1.99. The number of aliphatic carboxylic acids is 1. The molecule has 0 unspecified atom stereocenters. The van der Waals surface area contributed by atoms with Crippen LogP contribution in [-0.2, 0) is 4.79 Å². The quantitative estimate of drug-likeness (QED) is 0.647. The lowest BCUT2D eigenvalue weighted by Gasteiger charge is -2.35. The summed E-state index contributed by atoms with van der Waals surface area (Å²) < 4.78 is 0. The molecular formula is C12H17N3O4. The van der Waals surface area contributed by atoms with E-state index in [9.17, 15) is 20.0 Å². The molecule has 0 aliphatic carbocycles. The summed E-state index contributed by atoms with van der Waals surface area (Å²) >= 11 is 0. The van der Waals surface area contributed by atoms with Crippen molar-refractivity contribution in [3.8, 4) is 0 Å². The minimum absolute atomic E-state index is 0.0760. The lowest BCUT2D eigenvalue weighted by Crippen LogP contribution is -2.50. The molecule has 0 bridgehead atoms. The molecule has 0 saturated heterocycles. The summed E-state index contributed by atoms with van der Waals surface area (Å²) in [5.74, 6) is -0.565. The Labute approximate surface area is 111 Å². The van der Waals surface area contributed by atoms with Crippen molar-refractivity contribution in [1.82, 2.24) is 4.98 Å². The molecule has 1 heterocycles. The molecule has 0 saturated carbocycles. The minimum atomic E-state index is -1.13. The third-order valence-corrected chi connectivity index (χ3v) is 3.03. The number of aromatic nitrogens is 1.